The van der Waals surface area contributed by atoms with Gasteiger partial charge in [0.1, 0.15) is 16.9 Å². The van der Waals surface area contributed by atoms with Gasteiger partial charge in [-0.05, 0) is 76.6 Å². The molecule has 14 heteroatoms. The second-order valence-electron chi connectivity index (χ2n) is 12.7. The van der Waals surface area contributed by atoms with Gasteiger partial charge in [0, 0.05) is 42.5 Å². The molecule has 0 bridgehead atoms. The molecule has 2 atom stereocenters. The quantitative estimate of drug-likeness (QED) is 0.248. The van der Waals surface area contributed by atoms with Crippen molar-refractivity contribution < 1.29 is 37.3 Å². The van der Waals surface area contributed by atoms with Gasteiger partial charge in [0.15, 0.2) is 11.3 Å². The first-order valence-electron chi connectivity index (χ1n) is 15.5. The maximum atomic E-state index is 14.4. The van der Waals surface area contributed by atoms with Crippen LogP contribution < -0.4 is 10.1 Å². The molecular weight excluding hydrogens is 629 g/mol. The van der Waals surface area contributed by atoms with Crippen LogP contribution in [0.25, 0.3) is 16.9 Å². The highest BCUT2D eigenvalue weighted by molar-refractivity contribution is 6.00. The van der Waals surface area contributed by atoms with Gasteiger partial charge in [0.05, 0.1) is 31.6 Å². The van der Waals surface area contributed by atoms with Crippen LogP contribution in [0.15, 0.2) is 54.7 Å². The average Bonchev–Trinajstić information content (AvgIpc) is 3.42. The summed E-state index contributed by atoms with van der Waals surface area (Å²) in [7, 11) is 1.49. The summed E-state index contributed by atoms with van der Waals surface area (Å²) in [5.74, 6) is 0.0434. The Morgan fingerprint density at radius 1 is 1.10 bits per heavy atom. The van der Waals surface area contributed by atoms with Crippen LogP contribution in [0.2, 0.25) is 0 Å². The molecule has 0 spiro atoms. The number of anilines is 1. The second kappa shape index (κ2) is 13.4. The minimum absolute atomic E-state index is 0.0461. The smallest absolute Gasteiger partial charge is 0.433 e. The number of carbonyl (C=O) groups excluding carboxylic acids is 2. The molecule has 0 saturated carbocycles. The number of aliphatic hydroxyl groups is 1. The number of amides is 2. The summed E-state index contributed by atoms with van der Waals surface area (Å²) >= 11 is 0. The topological polar surface area (TPSA) is 122 Å². The fourth-order valence-electron chi connectivity index (χ4n) is 5.99. The molecule has 256 valence electrons. The number of alkyl halides is 3. The van der Waals surface area contributed by atoms with Crippen LogP contribution in [-0.4, -0.2) is 86.5 Å². The predicted octanol–water partition coefficient (Wildman–Crippen LogP) is 5.96. The number of rotatable bonds is 7. The van der Waals surface area contributed by atoms with Crippen LogP contribution in [0, 0.1) is 6.92 Å². The van der Waals surface area contributed by atoms with E-state index < -0.39 is 35.5 Å². The van der Waals surface area contributed by atoms with Crippen LogP contribution in [0.3, 0.4) is 0 Å². The number of hydrogen-bond donors (Lipinski definition) is 2. The van der Waals surface area contributed by atoms with Gasteiger partial charge in [-0.1, -0.05) is 12.1 Å². The number of aliphatic hydroxyl groups excluding tert-OH is 1. The molecule has 1 aliphatic heterocycles. The monoisotopic (exact) mass is 668 g/mol. The van der Waals surface area contributed by atoms with E-state index in [1.807, 2.05) is 17.9 Å². The molecule has 1 aliphatic rings. The maximum absolute atomic E-state index is 14.4. The molecular formula is C34H39F3N6O5. The largest absolute Gasteiger partial charge is 0.497 e. The zero-order valence-electron chi connectivity index (χ0n) is 27.6. The highest BCUT2D eigenvalue weighted by atomic mass is 19.4. The molecule has 0 radical (unpaired) electrons. The lowest BCUT2D eigenvalue weighted by molar-refractivity contribution is -0.143. The van der Waals surface area contributed by atoms with E-state index in [1.165, 1.54) is 14.0 Å². The number of piperazine rings is 1. The Kier molecular flexibility index (Phi) is 9.70. The fourth-order valence-corrected chi connectivity index (χ4v) is 5.99. The number of nitrogens with zero attached hydrogens (tertiary/aromatic N) is 5. The van der Waals surface area contributed by atoms with E-state index in [1.54, 1.807) is 68.1 Å². The Balaban J connectivity index is 1.39. The van der Waals surface area contributed by atoms with Crippen molar-refractivity contribution in [2.24, 2.45) is 0 Å². The van der Waals surface area contributed by atoms with Gasteiger partial charge in [0.2, 0.25) is 0 Å². The van der Waals surface area contributed by atoms with E-state index >= 15 is 0 Å². The standard InChI is InChI=1S/C34H39F3N6O5/c1-20-18-41(27(19-44)23-8-7-9-24(16-23)39-32(46)48-33(3,4)5)14-15-42(20)31(45)26-17-38-43-29(34(35,36)37)21(2)28(40-30(26)43)22-10-12-25(47-6)13-11-22/h7-13,16-17,20,27,44H,14-15,18-19H2,1-6H3,(H,39,46)/t20-,27+/m1/s1. The lowest BCUT2D eigenvalue weighted by Crippen LogP contribution is -2.55. The zero-order chi connectivity index (χ0) is 35.0. The van der Waals surface area contributed by atoms with Crippen LogP contribution in [0.1, 0.15) is 60.9 Å². The van der Waals surface area contributed by atoms with E-state index in [-0.39, 0.29) is 41.7 Å². The fraction of sp³-hybridized carbons (Fsp3) is 0.412. The highest BCUT2D eigenvalue weighted by Gasteiger charge is 2.40. The molecule has 1 saturated heterocycles. The maximum Gasteiger partial charge on any atom is 0.433 e. The molecule has 2 aromatic carbocycles. The minimum Gasteiger partial charge on any atom is -0.497 e. The van der Waals surface area contributed by atoms with Gasteiger partial charge < -0.3 is 19.5 Å². The lowest BCUT2D eigenvalue weighted by Gasteiger charge is -2.43. The summed E-state index contributed by atoms with van der Waals surface area (Å²) < 4.78 is 54.4. The molecule has 4 aromatic rings. The molecule has 5 rings (SSSR count). The van der Waals surface area contributed by atoms with E-state index in [0.29, 0.717) is 34.6 Å². The SMILES string of the molecule is COc1ccc(-c2nc3c(C(=O)N4CCN([C@@H](CO)c5cccc(NC(=O)OC(C)(C)C)c5)C[C@H]4C)cnn3c(C(F)(F)F)c2C)cc1. The molecule has 0 aliphatic carbocycles. The number of hydrogen-bond acceptors (Lipinski definition) is 8. The van der Waals surface area contributed by atoms with Crippen LogP contribution in [-0.2, 0) is 10.9 Å². The molecule has 11 nitrogen and oxygen atoms in total. The van der Waals surface area contributed by atoms with Crippen molar-refractivity contribution >= 4 is 23.3 Å². The van der Waals surface area contributed by atoms with Gasteiger partial charge in [-0.2, -0.15) is 18.3 Å². The van der Waals surface area contributed by atoms with Crippen molar-refractivity contribution in [1.29, 1.82) is 0 Å². The zero-order valence-corrected chi connectivity index (χ0v) is 27.6. The molecule has 48 heavy (non-hydrogen) atoms. The third-order valence-corrected chi connectivity index (χ3v) is 8.20. The number of fused-ring (bicyclic) bond motifs is 1. The van der Waals surface area contributed by atoms with Gasteiger partial charge in [-0.25, -0.2) is 14.3 Å². The molecule has 2 amide bonds. The number of ether oxygens (including phenoxy) is 2. The average molecular weight is 669 g/mol. The van der Waals surface area contributed by atoms with E-state index in [4.69, 9.17) is 9.47 Å². The number of nitrogens with one attached hydrogen (secondary N) is 1. The number of aromatic nitrogens is 3. The Morgan fingerprint density at radius 2 is 1.81 bits per heavy atom. The Labute approximate surface area is 276 Å². The summed E-state index contributed by atoms with van der Waals surface area (Å²) in [6.07, 6.45) is -4.23. The minimum atomic E-state index is -4.77. The van der Waals surface area contributed by atoms with Crippen molar-refractivity contribution in [1.82, 2.24) is 24.4 Å². The van der Waals surface area contributed by atoms with Crippen molar-refractivity contribution in [2.45, 2.75) is 58.5 Å². The number of halogens is 3. The summed E-state index contributed by atoms with van der Waals surface area (Å²) in [6, 6.07) is 12.8. The van der Waals surface area contributed by atoms with Crippen molar-refractivity contribution in [2.75, 3.05) is 38.7 Å². The van der Waals surface area contributed by atoms with Crippen LogP contribution >= 0.6 is 0 Å². The number of carbonyl (C=O) groups is 2. The van der Waals surface area contributed by atoms with Crippen LogP contribution in [0.4, 0.5) is 23.7 Å². The summed E-state index contributed by atoms with van der Waals surface area (Å²) in [4.78, 5) is 34.4. The summed E-state index contributed by atoms with van der Waals surface area (Å²) in [5.41, 5.74) is -0.260. The molecule has 2 aromatic heterocycles. The van der Waals surface area contributed by atoms with Gasteiger partial charge in [-0.3, -0.25) is 15.0 Å². The molecule has 2 N–H and O–H groups in total. The Hall–Kier alpha value is -4.69. The first-order valence-corrected chi connectivity index (χ1v) is 15.5. The van der Waals surface area contributed by atoms with Gasteiger partial charge in [-0.15, -0.1) is 0 Å². The van der Waals surface area contributed by atoms with Gasteiger partial charge in [0.25, 0.3) is 5.91 Å². The Morgan fingerprint density at radius 3 is 2.42 bits per heavy atom. The molecule has 0 unspecified atom stereocenters. The summed E-state index contributed by atoms with van der Waals surface area (Å²) in [5, 5.41) is 17.1. The van der Waals surface area contributed by atoms with E-state index in [9.17, 15) is 27.9 Å². The number of methoxy groups -OCH3 is 1. The molecule has 1 fully saturated rings. The third-order valence-electron chi connectivity index (χ3n) is 8.20. The third kappa shape index (κ3) is 7.24. The second-order valence-corrected chi connectivity index (χ2v) is 12.7. The van der Waals surface area contributed by atoms with Gasteiger partial charge >= 0.3 is 12.3 Å². The first kappa shape index (κ1) is 34.6. The number of benzene rings is 2. The highest BCUT2D eigenvalue weighted by Crippen LogP contribution is 2.37. The first-order chi connectivity index (χ1) is 22.6. The summed E-state index contributed by atoms with van der Waals surface area (Å²) in [6.45, 7) is 9.25. The van der Waals surface area contributed by atoms with Crippen molar-refractivity contribution in [3.8, 4) is 17.0 Å². The van der Waals surface area contributed by atoms with E-state index in [2.05, 4.69) is 15.4 Å². The normalized spacial score (nSPS) is 16.5. The predicted molar refractivity (Wildman–Crippen MR) is 173 cm³/mol. The van der Waals surface area contributed by atoms with E-state index in [0.717, 1.165) is 11.8 Å². The molecule has 3 heterocycles. The Bertz CT molecular complexity index is 1800. The van der Waals surface area contributed by atoms with Crippen molar-refractivity contribution in [3.63, 3.8) is 0 Å². The van der Waals surface area contributed by atoms with Crippen LogP contribution in [0.5, 0.6) is 5.75 Å². The lowest BCUT2D eigenvalue weighted by atomic mass is 10.0. The van der Waals surface area contributed by atoms with Crippen molar-refractivity contribution in [3.05, 3.63) is 77.1 Å².